The second-order valence-electron chi connectivity index (χ2n) is 4.53. The first kappa shape index (κ1) is 15.1. The maximum Gasteiger partial charge on any atom is 0.192 e. The fraction of sp³-hybridized carbons (Fsp3) is 0.294. The highest BCUT2D eigenvalue weighted by Crippen LogP contribution is 2.19. The average molecular weight is 256 g/mol. The van der Waals surface area contributed by atoms with Crippen LogP contribution < -0.4 is 0 Å². The Hall–Kier alpha value is -1.96. The summed E-state index contributed by atoms with van der Waals surface area (Å²) in [5.41, 5.74) is 2.17. The molecule has 0 aromatic heterocycles. The molecule has 0 aliphatic carbocycles. The zero-order valence-electron chi connectivity index (χ0n) is 11.9. The minimum Gasteiger partial charge on any atom is -0.299 e. The number of allylic oxidation sites excluding steroid dienone is 4. The van der Waals surface area contributed by atoms with Crippen molar-refractivity contribution in [2.24, 2.45) is 0 Å². The second-order valence-corrected chi connectivity index (χ2v) is 4.53. The van der Waals surface area contributed by atoms with Crippen LogP contribution >= 0.6 is 0 Å². The van der Waals surface area contributed by atoms with Crippen LogP contribution in [0.3, 0.4) is 0 Å². The van der Waals surface area contributed by atoms with Crippen LogP contribution in [-0.4, -0.2) is 11.6 Å². The number of hydrogen-bond acceptors (Lipinski definition) is 2. The van der Waals surface area contributed by atoms with E-state index in [1.807, 2.05) is 39.0 Å². The van der Waals surface area contributed by atoms with Gasteiger partial charge in [0.25, 0.3) is 0 Å². The van der Waals surface area contributed by atoms with Crippen molar-refractivity contribution in [2.45, 2.75) is 33.6 Å². The summed E-state index contributed by atoms with van der Waals surface area (Å²) in [6, 6.07) is 7.30. The average Bonchev–Trinajstić information content (AvgIpc) is 2.43. The molecule has 0 aliphatic heterocycles. The Kier molecular flexibility index (Phi) is 5.43. The number of ketones is 2. The fourth-order valence-electron chi connectivity index (χ4n) is 1.83. The lowest BCUT2D eigenvalue weighted by atomic mass is 9.93. The van der Waals surface area contributed by atoms with Crippen LogP contribution in [0.4, 0.5) is 0 Å². The summed E-state index contributed by atoms with van der Waals surface area (Å²) < 4.78 is 0. The minimum atomic E-state index is -0.177. The molecule has 0 saturated carbocycles. The monoisotopic (exact) mass is 256 g/mol. The minimum absolute atomic E-state index is 0.0156. The molecule has 0 radical (unpaired) electrons. The van der Waals surface area contributed by atoms with Gasteiger partial charge in [0.05, 0.1) is 0 Å². The molecule has 2 heteroatoms. The molecule has 0 aliphatic rings. The summed E-state index contributed by atoms with van der Waals surface area (Å²) in [6.07, 6.45) is 5.43. The lowest BCUT2D eigenvalue weighted by molar-refractivity contribution is -0.118. The van der Waals surface area contributed by atoms with E-state index in [1.165, 1.54) is 0 Å². The molecule has 0 fully saturated rings. The Bertz CT molecular complexity index is 536. The normalized spacial score (nSPS) is 13.6. The summed E-state index contributed by atoms with van der Waals surface area (Å²) in [5, 5.41) is 0. The molecule has 0 saturated heterocycles. The molecule has 0 amide bonds. The van der Waals surface area contributed by atoms with E-state index in [1.54, 1.807) is 31.2 Å². The van der Waals surface area contributed by atoms with Gasteiger partial charge in [-0.05, 0) is 32.4 Å². The Balaban J connectivity index is 3.12. The lowest BCUT2D eigenvalue weighted by Gasteiger charge is -2.09. The van der Waals surface area contributed by atoms with Gasteiger partial charge in [0, 0.05) is 17.1 Å². The largest absolute Gasteiger partial charge is 0.299 e. The fourth-order valence-corrected chi connectivity index (χ4v) is 1.83. The summed E-state index contributed by atoms with van der Waals surface area (Å²) >= 11 is 0. The molecular weight excluding hydrogens is 236 g/mol. The van der Waals surface area contributed by atoms with Gasteiger partial charge in [-0.15, -0.1) is 0 Å². The van der Waals surface area contributed by atoms with Gasteiger partial charge in [0.15, 0.2) is 5.78 Å². The highest BCUT2D eigenvalue weighted by atomic mass is 16.1. The van der Waals surface area contributed by atoms with Gasteiger partial charge in [0.1, 0.15) is 5.78 Å². The third kappa shape index (κ3) is 3.75. The Labute approximate surface area is 114 Å². The predicted molar refractivity (Wildman–Crippen MR) is 78.4 cm³/mol. The second kappa shape index (κ2) is 6.83. The third-order valence-corrected chi connectivity index (χ3v) is 3.18. The summed E-state index contributed by atoms with van der Waals surface area (Å²) in [4.78, 5) is 23.7. The summed E-state index contributed by atoms with van der Waals surface area (Å²) in [5.74, 6) is -0.0916. The molecule has 19 heavy (non-hydrogen) atoms. The summed E-state index contributed by atoms with van der Waals surface area (Å²) in [6.45, 7) is 7.14. The van der Waals surface area contributed by atoms with E-state index in [0.717, 1.165) is 5.56 Å². The Morgan fingerprint density at radius 2 is 1.89 bits per heavy atom. The number of carbonyl (C=O) groups excluding carboxylic acids is 2. The number of Topliss-reactive ketones (excluding diaryl/α,β-unsaturated/α-hetero) is 2. The van der Waals surface area contributed by atoms with Gasteiger partial charge in [-0.1, -0.05) is 43.4 Å². The van der Waals surface area contributed by atoms with Crippen molar-refractivity contribution in [1.29, 1.82) is 0 Å². The van der Waals surface area contributed by atoms with Crippen LogP contribution in [0.1, 0.15) is 49.5 Å². The summed E-state index contributed by atoms with van der Waals surface area (Å²) in [7, 11) is 0. The van der Waals surface area contributed by atoms with Gasteiger partial charge in [0.2, 0.25) is 0 Å². The zero-order valence-corrected chi connectivity index (χ0v) is 11.9. The molecule has 0 heterocycles. The smallest absolute Gasteiger partial charge is 0.192 e. The number of carbonyl (C=O) groups is 2. The van der Waals surface area contributed by atoms with E-state index in [2.05, 4.69) is 0 Å². The van der Waals surface area contributed by atoms with Crippen LogP contribution in [0.25, 0.3) is 0 Å². The van der Waals surface area contributed by atoms with Crippen LogP contribution in [-0.2, 0) is 4.79 Å². The highest BCUT2D eigenvalue weighted by molar-refractivity contribution is 6.10. The quantitative estimate of drug-likeness (QED) is 0.452. The van der Waals surface area contributed by atoms with Gasteiger partial charge in [-0.3, -0.25) is 9.59 Å². The van der Waals surface area contributed by atoms with E-state index in [0.29, 0.717) is 11.1 Å². The Morgan fingerprint density at radius 1 is 1.21 bits per heavy atom. The van der Waals surface area contributed by atoms with Crippen LogP contribution in [0.15, 0.2) is 48.1 Å². The maximum absolute atomic E-state index is 12.3. The van der Waals surface area contributed by atoms with Crippen molar-refractivity contribution in [3.05, 3.63) is 59.2 Å². The SMILES string of the molecule is C/C=C\C(=C/C)C(=O)c1cccc(C(C)C(C)=O)c1. The van der Waals surface area contributed by atoms with E-state index in [9.17, 15) is 9.59 Å². The van der Waals surface area contributed by atoms with Crippen LogP contribution in [0.5, 0.6) is 0 Å². The van der Waals surface area contributed by atoms with Gasteiger partial charge >= 0.3 is 0 Å². The Morgan fingerprint density at radius 3 is 2.42 bits per heavy atom. The number of benzene rings is 1. The van der Waals surface area contributed by atoms with Crippen LogP contribution in [0.2, 0.25) is 0 Å². The molecular formula is C17H20O2. The van der Waals surface area contributed by atoms with E-state index >= 15 is 0 Å². The zero-order chi connectivity index (χ0) is 14.4. The van der Waals surface area contributed by atoms with Gasteiger partial charge in [-0.25, -0.2) is 0 Å². The molecule has 1 atom stereocenters. The van der Waals surface area contributed by atoms with Gasteiger partial charge < -0.3 is 0 Å². The standard InChI is InChI=1S/C17H20O2/c1-5-8-14(6-2)17(19)16-10-7-9-15(11-16)12(3)13(4)18/h5-12H,1-4H3/b8-5-,14-6+. The first-order valence-electron chi connectivity index (χ1n) is 6.45. The van der Waals surface area contributed by atoms with E-state index in [-0.39, 0.29) is 17.5 Å². The maximum atomic E-state index is 12.3. The van der Waals surface area contributed by atoms with Crippen molar-refractivity contribution >= 4 is 11.6 Å². The van der Waals surface area contributed by atoms with Crippen molar-refractivity contribution in [3.63, 3.8) is 0 Å². The van der Waals surface area contributed by atoms with Crippen molar-refractivity contribution < 1.29 is 9.59 Å². The molecule has 2 nitrogen and oxygen atoms in total. The third-order valence-electron chi connectivity index (χ3n) is 3.18. The lowest BCUT2D eigenvalue weighted by Crippen LogP contribution is -2.07. The first-order valence-corrected chi connectivity index (χ1v) is 6.45. The van der Waals surface area contributed by atoms with Crippen LogP contribution in [0, 0.1) is 0 Å². The molecule has 1 aromatic carbocycles. The predicted octanol–water partition coefficient (Wildman–Crippen LogP) is 4.08. The van der Waals surface area contributed by atoms with E-state index in [4.69, 9.17) is 0 Å². The molecule has 0 spiro atoms. The molecule has 0 N–H and O–H groups in total. The molecule has 1 rings (SSSR count). The molecule has 1 aromatic rings. The van der Waals surface area contributed by atoms with Crippen molar-refractivity contribution in [1.82, 2.24) is 0 Å². The number of rotatable bonds is 5. The van der Waals surface area contributed by atoms with E-state index < -0.39 is 0 Å². The molecule has 100 valence electrons. The number of hydrogen-bond donors (Lipinski definition) is 0. The first-order chi connectivity index (χ1) is 9.01. The van der Waals surface area contributed by atoms with Crippen molar-refractivity contribution in [3.8, 4) is 0 Å². The molecule has 1 unspecified atom stereocenters. The molecule has 0 bridgehead atoms. The van der Waals surface area contributed by atoms with Crippen molar-refractivity contribution in [2.75, 3.05) is 0 Å². The topological polar surface area (TPSA) is 34.1 Å². The van der Waals surface area contributed by atoms with Gasteiger partial charge in [-0.2, -0.15) is 0 Å². The highest BCUT2D eigenvalue weighted by Gasteiger charge is 2.14.